The van der Waals surface area contributed by atoms with E-state index < -0.39 is 27.5 Å². The summed E-state index contributed by atoms with van der Waals surface area (Å²) < 4.78 is 62.9. The fourth-order valence-corrected chi connectivity index (χ4v) is 5.19. The number of amides is 1. The van der Waals surface area contributed by atoms with Crippen molar-refractivity contribution >= 4 is 44.1 Å². The maximum atomic E-state index is 12.7. The number of benzene rings is 1. The van der Waals surface area contributed by atoms with Gasteiger partial charge in [0.1, 0.15) is 9.84 Å². The molecule has 1 saturated heterocycles. The number of fused-ring (bicyclic) bond motifs is 1. The number of nitrogens with one attached hydrogen (secondary N) is 1. The van der Waals surface area contributed by atoms with E-state index in [1.807, 2.05) is 0 Å². The minimum absolute atomic E-state index is 0.0415. The summed E-state index contributed by atoms with van der Waals surface area (Å²) in [6, 6.07) is 3.89. The van der Waals surface area contributed by atoms with E-state index in [2.05, 4.69) is 15.4 Å². The molecule has 0 unspecified atom stereocenters. The SMILES string of the molecule is O=C(Nc1ccc(C(F)(F)F)cc1)c1cnc2c(cnn2C2CCS(=O)(=O)CC2)c1Cl. The number of carbonyl (C=O) groups is 1. The molecule has 1 amide bonds. The summed E-state index contributed by atoms with van der Waals surface area (Å²) in [7, 11) is -3.03. The van der Waals surface area contributed by atoms with Gasteiger partial charge in [-0.2, -0.15) is 18.3 Å². The lowest BCUT2D eigenvalue weighted by molar-refractivity contribution is -0.137. The van der Waals surface area contributed by atoms with Crippen molar-refractivity contribution in [1.82, 2.24) is 14.8 Å². The summed E-state index contributed by atoms with van der Waals surface area (Å²) in [4.78, 5) is 16.9. The van der Waals surface area contributed by atoms with Gasteiger partial charge >= 0.3 is 6.18 Å². The van der Waals surface area contributed by atoms with Gasteiger partial charge in [0.15, 0.2) is 5.65 Å². The standard InChI is InChI=1S/C19H16ClF3N4O3S/c20-16-14-10-25-27(13-5-7-31(29,30)8-6-13)17(14)24-9-15(16)18(28)26-12-3-1-11(2-4-12)19(21,22)23/h1-4,9-10,13H,5-8H2,(H,26,28). The summed E-state index contributed by atoms with van der Waals surface area (Å²) >= 11 is 6.39. The van der Waals surface area contributed by atoms with Gasteiger partial charge in [-0.25, -0.2) is 18.1 Å². The molecule has 3 heterocycles. The molecule has 12 heteroatoms. The van der Waals surface area contributed by atoms with Crippen molar-refractivity contribution in [3.63, 3.8) is 0 Å². The van der Waals surface area contributed by atoms with Gasteiger partial charge in [0.05, 0.1) is 45.3 Å². The number of alkyl halides is 3. The van der Waals surface area contributed by atoms with Gasteiger partial charge in [0.25, 0.3) is 5.91 Å². The number of halogens is 4. The average molecular weight is 473 g/mol. The van der Waals surface area contributed by atoms with Crippen molar-refractivity contribution in [2.45, 2.75) is 25.1 Å². The molecule has 1 aliphatic heterocycles. The Kier molecular flexibility index (Phi) is 5.42. The van der Waals surface area contributed by atoms with Crippen LogP contribution in [0.3, 0.4) is 0 Å². The minimum Gasteiger partial charge on any atom is -0.322 e. The van der Waals surface area contributed by atoms with E-state index in [9.17, 15) is 26.4 Å². The predicted octanol–water partition coefficient (Wildman–Crippen LogP) is 4.11. The Balaban J connectivity index is 1.56. The zero-order valence-electron chi connectivity index (χ0n) is 15.9. The molecule has 2 aromatic heterocycles. The molecule has 0 atom stereocenters. The first-order valence-electron chi connectivity index (χ1n) is 9.26. The highest BCUT2D eigenvalue weighted by Crippen LogP contribution is 2.32. The lowest BCUT2D eigenvalue weighted by atomic mass is 10.1. The number of rotatable bonds is 3. The third-order valence-corrected chi connectivity index (χ3v) is 7.27. The van der Waals surface area contributed by atoms with Gasteiger partial charge in [-0.15, -0.1) is 0 Å². The van der Waals surface area contributed by atoms with Crippen molar-refractivity contribution in [3.05, 3.63) is 52.8 Å². The molecular formula is C19H16ClF3N4O3S. The van der Waals surface area contributed by atoms with Gasteiger partial charge < -0.3 is 5.32 Å². The first-order chi connectivity index (χ1) is 14.5. The Bertz CT molecular complexity index is 1240. The van der Waals surface area contributed by atoms with Crippen molar-refractivity contribution in [3.8, 4) is 0 Å². The third-order valence-electron chi connectivity index (χ3n) is 5.14. The molecule has 0 saturated carbocycles. The van der Waals surface area contributed by atoms with Gasteiger partial charge in [0.2, 0.25) is 0 Å². The molecule has 3 aromatic rings. The van der Waals surface area contributed by atoms with Crippen molar-refractivity contribution in [2.75, 3.05) is 16.8 Å². The molecule has 164 valence electrons. The Morgan fingerprint density at radius 3 is 2.39 bits per heavy atom. The molecule has 4 rings (SSSR count). The van der Waals surface area contributed by atoms with Crippen LogP contribution in [-0.4, -0.2) is 40.6 Å². The van der Waals surface area contributed by atoms with Crippen LogP contribution in [0.4, 0.5) is 18.9 Å². The van der Waals surface area contributed by atoms with Gasteiger partial charge in [0, 0.05) is 11.9 Å². The van der Waals surface area contributed by atoms with Crippen LogP contribution in [0.2, 0.25) is 5.02 Å². The highest BCUT2D eigenvalue weighted by molar-refractivity contribution is 7.91. The Hall–Kier alpha value is -2.66. The van der Waals surface area contributed by atoms with Crippen LogP contribution in [0.15, 0.2) is 36.7 Å². The molecule has 31 heavy (non-hydrogen) atoms. The molecular weight excluding hydrogens is 457 g/mol. The number of hydrogen-bond donors (Lipinski definition) is 1. The molecule has 0 radical (unpaired) electrons. The number of aromatic nitrogens is 3. The molecule has 1 fully saturated rings. The number of carbonyl (C=O) groups excluding carboxylic acids is 1. The second kappa shape index (κ2) is 7.79. The molecule has 0 aliphatic carbocycles. The van der Waals surface area contributed by atoms with Crippen LogP contribution >= 0.6 is 11.6 Å². The van der Waals surface area contributed by atoms with Crippen LogP contribution in [0, 0.1) is 0 Å². The van der Waals surface area contributed by atoms with Crippen molar-refractivity contribution in [1.29, 1.82) is 0 Å². The number of sulfone groups is 1. The average Bonchev–Trinajstić information content (AvgIpc) is 3.13. The van der Waals surface area contributed by atoms with Crippen LogP contribution < -0.4 is 5.32 Å². The normalized spacial score (nSPS) is 17.0. The van der Waals surface area contributed by atoms with Crippen LogP contribution in [0.1, 0.15) is 34.8 Å². The minimum atomic E-state index is -4.47. The molecule has 0 bridgehead atoms. The Morgan fingerprint density at radius 1 is 1.13 bits per heavy atom. The summed E-state index contributed by atoms with van der Waals surface area (Å²) in [6.07, 6.45) is -0.920. The maximum absolute atomic E-state index is 12.7. The largest absolute Gasteiger partial charge is 0.416 e. The van der Waals surface area contributed by atoms with E-state index in [1.165, 1.54) is 12.4 Å². The maximum Gasteiger partial charge on any atom is 0.416 e. The number of pyridine rings is 1. The summed E-state index contributed by atoms with van der Waals surface area (Å²) in [5.74, 6) is -0.489. The fourth-order valence-electron chi connectivity index (χ4n) is 3.46. The topological polar surface area (TPSA) is 93.9 Å². The van der Waals surface area contributed by atoms with E-state index in [0.29, 0.717) is 23.9 Å². The Morgan fingerprint density at radius 2 is 1.77 bits per heavy atom. The van der Waals surface area contributed by atoms with Gasteiger partial charge in [-0.05, 0) is 37.1 Å². The second-order valence-electron chi connectivity index (χ2n) is 7.22. The number of hydrogen-bond acceptors (Lipinski definition) is 5. The lowest BCUT2D eigenvalue weighted by Gasteiger charge is -2.22. The monoisotopic (exact) mass is 472 g/mol. The zero-order valence-corrected chi connectivity index (χ0v) is 17.4. The first-order valence-corrected chi connectivity index (χ1v) is 11.5. The summed E-state index contributed by atoms with van der Waals surface area (Å²) in [5, 5.41) is 7.31. The molecule has 1 N–H and O–H groups in total. The van der Waals surface area contributed by atoms with Gasteiger partial charge in [-0.3, -0.25) is 4.79 Å². The highest BCUT2D eigenvalue weighted by Gasteiger charge is 2.30. The summed E-state index contributed by atoms with van der Waals surface area (Å²) in [5.41, 5.74) is -0.178. The summed E-state index contributed by atoms with van der Waals surface area (Å²) in [6.45, 7) is 0. The van der Waals surface area contributed by atoms with Gasteiger partial charge in [-0.1, -0.05) is 11.6 Å². The smallest absolute Gasteiger partial charge is 0.322 e. The van der Waals surface area contributed by atoms with E-state index >= 15 is 0 Å². The molecule has 7 nitrogen and oxygen atoms in total. The second-order valence-corrected chi connectivity index (χ2v) is 9.91. The quantitative estimate of drug-likeness (QED) is 0.619. The van der Waals surface area contributed by atoms with Crippen LogP contribution in [0.25, 0.3) is 11.0 Å². The fraction of sp³-hybridized carbons (Fsp3) is 0.316. The Labute approximate surface area is 180 Å². The van der Waals surface area contributed by atoms with E-state index in [-0.39, 0.29) is 33.8 Å². The van der Waals surface area contributed by atoms with Crippen LogP contribution in [-0.2, 0) is 16.0 Å². The van der Waals surface area contributed by atoms with E-state index in [4.69, 9.17) is 11.6 Å². The third kappa shape index (κ3) is 4.38. The molecule has 1 aromatic carbocycles. The number of anilines is 1. The predicted molar refractivity (Wildman–Crippen MR) is 109 cm³/mol. The molecule has 0 spiro atoms. The van der Waals surface area contributed by atoms with Crippen LogP contribution in [0.5, 0.6) is 0 Å². The highest BCUT2D eigenvalue weighted by atomic mass is 35.5. The molecule has 1 aliphatic rings. The number of nitrogens with zero attached hydrogens (tertiary/aromatic N) is 3. The lowest BCUT2D eigenvalue weighted by Crippen LogP contribution is -2.26. The first kappa shape index (κ1) is 21.6. The zero-order chi connectivity index (χ0) is 22.4. The van der Waals surface area contributed by atoms with E-state index in [0.717, 1.165) is 24.3 Å². The van der Waals surface area contributed by atoms with Crippen molar-refractivity contribution in [2.24, 2.45) is 0 Å². The van der Waals surface area contributed by atoms with E-state index in [1.54, 1.807) is 4.68 Å². The van der Waals surface area contributed by atoms with Crippen molar-refractivity contribution < 1.29 is 26.4 Å².